The van der Waals surface area contributed by atoms with E-state index in [1.54, 1.807) is 0 Å². The Bertz CT molecular complexity index is 701. The summed E-state index contributed by atoms with van der Waals surface area (Å²) in [6.07, 6.45) is 14.4. The van der Waals surface area contributed by atoms with Crippen LogP contribution in [0.15, 0.2) is 42.5 Å². The highest BCUT2D eigenvalue weighted by Crippen LogP contribution is 2.38. The normalized spacial score (nSPS) is 14.9. The van der Waals surface area contributed by atoms with E-state index in [0.717, 1.165) is 23.8 Å². The molecule has 1 nitrogen and oxygen atoms in total. The Morgan fingerprint density at radius 2 is 1.50 bits per heavy atom. The molecule has 0 N–H and O–H groups in total. The number of ether oxygens (including phenoxy) is 1. The lowest BCUT2D eigenvalue weighted by molar-refractivity contribution is 0.304. The second-order valence-electron chi connectivity index (χ2n) is 8.21. The Labute approximate surface area is 176 Å². The molecule has 0 amide bonds. The minimum Gasteiger partial charge on any atom is -0.494 e. The zero-order chi connectivity index (χ0) is 19.6. The molecule has 3 rings (SSSR count). The Morgan fingerprint density at radius 3 is 2.21 bits per heavy atom. The van der Waals surface area contributed by atoms with Crippen molar-refractivity contribution in [2.24, 2.45) is 0 Å². The predicted molar refractivity (Wildman–Crippen MR) is 122 cm³/mol. The maximum Gasteiger partial charge on any atom is 0.119 e. The molecule has 0 atom stereocenters. The van der Waals surface area contributed by atoms with Crippen molar-refractivity contribution in [1.82, 2.24) is 0 Å². The maximum absolute atomic E-state index is 6.65. The van der Waals surface area contributed by atoms with Crippen LogP contribution in [-0.2, 0) is 0 Å². The highest BCUT2D eigenvalue weighted by molar-refractivity contribution is 6.31. The van der Waals surface area contributed by atoms with Crippen LogP contribution in [0.2, 0.25) is 5.02 Å². The SMILES string of the molecule is CCCCCCCCOc1ccc(-c2ccc(C3CCCCC3)c(Cl)c2)cc1. The Balaban J connectivity index is 1.51. The number of unbranched alkanes of at least 4 members (excludes halogenated alkanes) is 5. The van der Waals surface area contributed by atoms with Crippen LogP contribution in [0.1, 0.15) is 89.0 Å². The van der Waals surface area contributed by atoms with Crippen LogP contribution in [0.4, 0.5) is 0 Å². The van der Waals surface area contributed by atoms with Gasteiger partial charge in [-0.25, -0.2) is 0 Å². The molecular formula is C26H35ClO. The van der Waals surface area contributed by atoms with E-state index < -0.39 is 0 Å². The van der Waals surface area contributed by atoms with Crippen LogP contribution in [0.5, 0.6) is 5.75 Å². The van der Waals surface area contributed by atoms with Crippen molar-refractivity contribution in [2.75, 3.05) is 6.61 Å². The van der Waals surface area contributed by atoms with Crippen molar-refractivity contribution in [1.29, 1.82) is 0 Å². The number of hydrogen-bond donors (Lipinski definition) is 0. The van der Waals surface area contributed by atoms with E-state index in [2.05, 4.69) is 49.4 Å². The summed E-state index contributed by atoms with van der Waals surface area (Å²) >= 11 is 6.65. The third kappa shape index (κ3) is 6.27. The average molecular weight is 399 g/mol. The molecule has 2 heteroatoms. The number of hydrogen-bond acceptors (Lipinski definition) is 1. The summed E-state index contributed by atoms with van der Waals surface area (Å²) < 4.78 is 5.90. The molecule has 2 aromatic carbocycles. The van der Waals surface area contributed by atoms with Gasteiger partial charge in [0.2, 0.25) is 0 Å². The minimum absolute atomic E-state index is 0.646. The average Bonchev–Trinajstić information content (AvgIpc) is 2.74. The lowest BCUT2D eigenvalue weighted by Crippen LogP contribution is -2.05. The molecule has 1 aliphatic carbocycles. The molecule has 1 aliphatic rings. The van der Waals surface area contributed by atoms with E-state index in [1.165, 1.54) is 80.9 Å². The van der Waals surface area contributed by atoms with Gasteiger partial charge in [-0.15, -0.1) is 0 Å². The summed E-state index contributed by atoms with van der Waals surface area (Å²) in [5.74, 6) is 1.61. The summed E-state index contributed by atoms with van der Waals surface area (Å²) in [5.41, 5.74) is 3.72. The standard InChI is InChI=1S/C26H35ClO/c1-2-3-4-5-6-10-19-28-24-16-13-21(14-17-24)23-15-18-25(26(27)20-23)22-11-8-7-9-12-22/h13-18,20,22H,2-12,19H2,1H3. The van der Waals surface area contributed by atoms with E-state index >= 15 is 0 Å². The first-order valence-electron chi connectivity index (χ1n) is 11.3. The van der Waals surface area contributed by atoms with Gasteiger partial charge in [0.1, 0.15) is 5.75 Å². The molecule has 0 bridgehead atoms. The van der Waals surface area contributed by atoms with Crippen LogP contribution in [0.3, 0.4) is 0 Å². The lowest BCUT2D eigenvalue weighted by Gasteiger charge is -2.23. The molecule has 0 aromatic heterocycles. The molecule has 2 aromatic rings. The van der Waals surface area contributed by atoms with Gasteiger partial charge < -0.3 is 4.74 Å². The number of halogens is 1. The molecule has 0 aliphatic heterocycles. The molecule has 28 heavy (non-hydrogen) atoms. The predicted octanol–water partition coefficient (Wildman–Crippen LogP) is 8.79. The molecule has 1 saturated carbocycles. The van der Waals surface area contributed by atoms with Crippen molar-refractivity contribution in [3.8, 4) is 16.9 Å². The van der Waals surface area contributed by atoms with E-state index in [4.69, 9.17) is 16.3 Å². The molecule has 0 unspecified atom stereocenters. The second-order valence-corrected chi connectivity index (χ2v) is 8.62. The quantitative estimate of drug-likeness (QED) is 0.363. The Morgan fingerprint density at radius 1 is 0.821 bits per heavy atom. The van der Waals surface area contributed by atoms with Gasteiger partial charge in [-0.3, -0.25) is 0 Å². The van der Waals surface area contributed by atoms with Gasteiger partial charge in [-0.1, -0.05) is 94.2 Å². The van der Waals surface area contributed by atoms with Crippen molar-refractivity contribution < 1.29 is 4.74 Å². The Kier molecular flexibility index (Phi) is 8.73. The van der Waals surface area contributed by atoms with Crippen molar-refractivity contribution >= 4 is 11.6 Å². The van der Waals surface area contributed by atoms with Crippen molar-refractivity contribution in [3.05, 3.63) is 53.1 Å². The van der Waals surface area contributed by atoms with Gasteiger partial charge in [0.15, 0.2) is 0 Å². The topological polar surface area (TPSA) is 9.23 Å². The summed E-state index contributed by atoms with van der Waals surface area (Å²) in [7, 11) is 0. The first-order chi connectivity index (χ1) is 13.8. The highest BCUT2D eigenvalue weighted by atomic mass is 35.5. The fourth-order valence-electron chi connectivity index (χ4n) is 4.27. The molecule has 1 fully saturated rings. The van der Waals surface area contributed by atoms with Crippen LogP contribution in [-0.4, -0.2) is 6.61 Å². The fourth-order valence-corrected chi connectivity index (χ4v) is 4.60. The first kappa shape index (κ1) is 21.2. The van der Waals surface area contributed by atoms with Gasteiger partial charge >= 0.3 is 0 Å². The molecule has 0 saturated heterocycles. The first-order valence-corrected chi connectivity index (χ1v) is 11.7. The fraction of sp³-hybridized carbons (Fsp3) is 0.538. The van der Waals surface area contributed by atoms with Crippen LogP contribution in [0, 0.1) is 0 Å². The van der Waals surface area contributed by atoms with E-state index in [0.29, 0.717) is 5.92 Å². The third-order valence-electron chi connectivity index (χ3n) is 6.00. The van der Waals surface area contributed by atoms with E-state index in [9.17, 15) is 0 Å². The highest BCUT2D eigenvalue weighted by Gasteiger charge is 2.18. The molecule has 0 radical (unpaired) electrons. The van der Waals surface area contributed by atoms with Crippen LogP contribution in [0.25, 0.3) is 11.1 Å². The maximum atomic E-state index is 6.65. The third-order valence-corrected chi connectivity index (χ3v) is 6.33. The zero-order valence-electron chi connectivity index (χ0n) is 17.4. The smallest absolute Gasteiger partial charge is 0.119 e. The summed E-state index contributed by atoms with van der Waals surface area (Å²) in [6, 6.07) is 15.0. The van der Waals surface area contributed by atoms with Crippen LogP contribution >= 0.6 is 11.6 Å². The van der Waals surface area contributed by atoms with Crippen LogP contribution < -0.4 is 4.74 Å². The van der Waals surface area contributed by atoms with Gasteiger partial charge in [0.05, 0.1) is 6.61 Å². The summed E-state index contributed by atoms with van der Waals surface area (Å²) in [6.45, 7) is 3.07. The number of benzene rings is 2. The molecule has 0 heterocycles. The summed E-state index contributed by atoms with van der Waals surface area (Å²) in [4.78, 5) is 0. The molecular weight excluding hydrogens is 364 g/mol. The van der Waals surface area contributed by atoms with E-state index in [1.807, 2.05) is 0 Å². The largest absolute Gasteiger partial charge is 0.494 e. The second kappa shape index (κ2) is 11.5. The van der Waals surface area contributed by atoms with Crippen molar-refractivity contribution in [3.63, 3.8) is 0 Å². The van der Waals surface area contributed by atoms with Gasteiger partial charge in [-0.2, -0.15) is 0 Å². The molecule has 152 valence electrons. The van der Waals surface area contributed by atoms with Gasteiger partial charge in [0.25, 0.3) is 0 Å². The number of rotatable bonds is 10. The lowest BCUT2D eigenvalue weighted by atomic mass is 9.83. The Hall–Kier alpha value is -1.47. The monoisotopic (exact) mass is 398 g/mol. The molecule has 0 spiro atoms. The summed E-state index contributed by atoms with van der Waals surface area (Å²) in [5, 5.41) is 0.924. The zero-order valence-corrected chi connectivity index (χ0v) is 18.1. The minimum atomic E-state index is 0.646. The van der Waals surface area contributed by atoms with E-state index in [-0.39, 0.29) is 0 Å². The van der Waals surface area contributed by atoms with Gasteiger partial charge in [0, 0.05) is 5.02 Å². The van der Waals surface area contributed by atoms with Gasteiger partial charge in [-0.05, 0) is 60.1 Å². The van der Waals surface area contributed by atoms with Crippen molar-refractivity contribution in [2.45, 2.75) is 83.5 Å².